The van der Waals surface area contributed by atoms with Crippen LogP contribution in [-0.4, -0.2) is 30.0 Å². The molecule has 2 rings (SSSR count). The molecule has 1 heterocycles. The van der Waals surface area contributed by atoms with Gasteiger partial charge in [0.2, 0.25) is 0 Å². The molecule has 3 heteroatoms. The van der Waals surface area contributed by atoms with E-state index >= 15 is 0 Å². The molecule has 17 heavy (non-hydrogen) atoms. The highest BCUT2D eigenvalue weighted by atomic mass is 16.5. The van der Waals surface area contributed by atoms with E-state index in [1.165, 1.54) is 32.1 Å². The molecule has 2 aliphatic rings. The molecule has 1 spiro atoms. The van der Waals surface area contributed by atoms with Gasteiger partial charge in [-0.3, -0.25) is 0 Å². The van der Waals surface area contributed by atoms with Crippen LogP contribution in [0, 0.1) is 5.41 Å². The summed E-state index contributed by atoms with van der Waals surface area (Å²) in [5.74, 6) is 0. The molecular weight excluding hydrogens is 214 g/mol. The largest absolute Gasteiger partial charge is 0.396 e. The van der Waals surface area contributed by atoms with Gasteiger partial charge in [-0.1, -0.05) is 19.8 Å². The summed E-state index contributed by atoms with van der Waals surface area (Å²) in [6, 6.07) is 0. The van der Waals surface area contributed by atoms with Crippen LogP contribution in [0.25, 0.3) is 0 Å². The average Bonchev–Trinajstić information content (AvgIpc) is 2.98. The van der Waals surface area contributed by atoms with Crippen LogP contribution in [0.4, 0.5) is 0 Å². The van der Waals surface area contributed by atoms with Gasteiger partial charge in [0.05, 0.1) is 11.7 Å². The van der Waals surface area contributed by atoms with Crippen molar-refractivity contribution >= 4 is 0 Å². The Balaban J connectivity index is 1.92. The van der Waals surface area contributed by atoms with Gasteiger partial charge >= 0.3 is 0 Å². The molecule has 0 bridgehead atoms. The minimum absolute atomic E-state index is 0.116. The van der Waals surface area contributed by atoms with Crippen molar-refractivity contribution in [2.45, 2.75) is 70.0 Å². The number of aliphatic hydroxyl groups is 1. The molecule has 0 radical (unpaired) electrons. The van der Waals surface area contributed by atoms with E-state index in [1.54, 1.807) is 0 Å². The monoisotopic (exact) mass is 241 g/mol. The van der Waals surface area contributed by atoms with Crippen LogP contribution in [0.3, 0.4) is 0 Å². The molecule has 0 aromatic carbocycles. The Morgan fingerprint density at radius 1 is 1.35 bits per heavy atom. The third-order valence-corrected chi connectivity index (χ3v) is 5.03. The van der Waals surface area contributed by atoms with E-state index in [4.69, 9.17) is 10.5 Å². The highest BCUT2D eigenvalue weighted by molar-refractivity contribution is 4.95. The van der Waals surface area contributed by atoms with Crippen molar-refractivity contribution in [1.82, 2.24) is 0 Å². The summed E-state index contributed by atoms with van der Waals surface area (Å²) in [4.78, 5) is 0. The summed E-state index contributed by atoms with van der Waals surface area (Å²) in [6.45, 7) is 2.86. The molecule has 3 nitrogen and oxygen atoms in total. The minimum Gasteiger partial charge on any atom is -0.396 e. The Kier molecular flexibility index (Phi) is 4.11. The third-order valence-electron chi connectivity index (χ3n) is 5.03. The molecule has 1 aliphatic heterocycles. The zero-order valence-electron chi connectivity index (χ0n) is 11.1. The van der Waals surface area contributed by atoms with Gasteiger partial charge in [-0.15, -0.1) is 0 Å². The lowest BCUT2D eigenvalue weighted by molar-refractivity contribution is -0.0592. The second kappa shape index (κ2) is 5.25. The number of hydrogen-bond acceptors (Lipinski definition) is 3. The second-order valence-electron chi connectivity index (χ2n) is 6.09. The van der Waals surface area contributed by atoms with Crippen molar-refractivity contribution in [2.75, 3.05) is 13.2 Å². The Morgan fingerprint density at radius 3 is 2.59 bits per heavy atom. The van der Waals surface area contributed by atoms with Crippen molar-refractivity contribution in [3.63, 3.8) is 0 Å². The number of rotatable bonds is 5. The first kappa shape index (κ1) is 13.3. The molecule has 100 valence electrons. The van der Waals surface area contributed by atoms with Crippen LogP contribution >= 0.6 is 0 Å². The van der Waals surface area contributed by atoms with Crippen LogP contribution in [0.1, 0.15) is 58.3 Å². The lowest BCUT2D eigenvalue weighted by atomic mass is 9.80. The maximum Gasteiger partial charge on any atom is 0.0687 e. The van der Waals surface area contributed by atoms with Crippen LogP contribution in [0.2, 0.25) is 0 Å². The number of hydrogen-bond donors (Lipinski definition) is 2. The van der Waals surface area contributed by atoms with Gasteiger partial charge in [-0.25, -0.2) is 0 Å². The summed E-state index contributed by atoms with van der Waals surface area (Å²) in [5.41, 5.74) is 5.92. The fourth-order valence-electron chi connectivity index (χ4n) is 3.52. The predicted octanol–water partition coefficient (Wildman–Crippen LogP) is 2.22. The zero-order valence-corrected chi connectivity index (χ0v) is 11.1. The molecule has 3 N–H and O–H groups in total. The van der Waals surface area contributed by atoms with Crippen molar-refractivity contribution in [3.05, 3.63) is 0 Å². The Bertz CT molecular complexity index is 236. The molecule has 1 saturated heterocycles. The molecule has 0 aromatic rings. The standard InChI is InChI=1S/C14H27NO2/c1-2-13(10-15,11-16)9-12-5-8-14(17-12)6-3-4-7-14/h12,16H,2-11,15H2,1H3. The summed E-state index contributed by atoms with van der Waals surface area (Å²) >= 11 is 0. The Labute approximate surface area is 105 Å². The number of ether oxygens (including phenoxy) is 1. The summed E-state index contributed by atoms with van der Waals surface area (Å²) in [7, 11) is 0. The molecule has 2 unspecified atom stereocenters. The highest BCUT2D eigenvalue weighted by Gasteiger charge is 2.44. The highest BCUT2D eigenvalue weighted by Crippen LogP contribution is 2.45. The van der Waals surface area contributed by atoms with Crippen molar-refractivity contribution in [1.29, 1.82) is 0 Å². The molecule has 1 saturated carbocycles. The van der Waals surface area contributed by atoms with Crippen LogP contribution in [-0.2, 0) is 4.74 Å². The SMILES string of the molecule is CCC(CN)(CO)CC1CCC2(CCCC2)O1. The van der Waals surface area contributed by atoms with Gasteiger partial charge in [-0.05, 0) is 38.5 Å². The minimum atomic E-state index is -0.116. The fourth-order valence-corrected chi connectivity index (χ4v) is 3.52. The van der Waals surface area contributed by atoms with Gasteiger partial charge in [-0.2, -0.15) is 0 Å². The van der Waals surface area contributed by atoms with Gasteiger partial charge in [0.15, 0.2) is 0 Å². The molecule has 2 fully saturated rings. The van der Waals surface area contributed by atoms with Crippen LogP contribution in [0.5, 0.6) is 0 Å². The lowest BCUT2D eigenvalue weighted by Gasteiger charge is -2.33. The zero-order chi connectivity index (χ0) is 12.4. The van der Waals surface area contributed by atoms with Crippen LogP contribution < -0.4 is 5.73 Å². The van der Waals surface area contributed by atoms with Crippen molar-refractivity contribution in [2.24, 2.45) is 11.1 Å². The van der Waals surface area contributed by atoms with E-state index in [0.29, 0.717) is 12.6 Å². The van der Waals surface area contributed by atoms with E-state index in [0.717, 1.165) is 19.3 Å². The van der Waals surface area contributed by atoms with Gasteiger partial charge in [0, 0.05) is 18.6 Å². The maximum atomic E-state index is 9.56. The third kappa shape index (κ3) is 2.67. The number of aliphatic hydroxyl groups excluding tert-OH is 1. The van der Waals surface area contributed by atoms with E-state index in [9.17, 15) is 5.11 Å². The van der Waals surface area contributed by atoms with Crippen molar-refractivity contribution in [3.8, 4) is 0 Å². The molecule has 0 aromatic heterocycles. The van der Waals surface area contributed by atoms with Gasteiger partial charge in [0.25, 0.3) is 0 Å². The van der Waals surface area contributed by atoms with E-state index in [-0.39, 0.29) is 17.6 Å². The first-order valence-electron chi connectivity index (χ1n) is 7.16. The van der Waals surface area contributed by atoms with Crippen LogP contribution in [0.15, 0.2) is 0 Å². The fraction of sp³-hybridized carbons (Fsp3) is 1.00. The van der Waals surface area contributed by atoms with E-state index in [2.05, 4.69) is 6.92 Å². The summed E-state index contributed by atoms with van der Waals surface area (Å²) in [5, 5.41) is 9.56. The average molecular weight is 241 g/mol. The molecule has 0 amide bonds. The summed E-state index contributed by atoms with van der Waals surface area (Å²) < 4.78 is 6.30. The first-order chi connectivity index (χ1) is 8.17. The normalized spacial score (nSPS) is 30.9. The summed E-state index contributed by atoms with van der Waals surface area (Å²) in [6.07, 6.45) is 9.68. The Hall–Kier alpha value is -0.120. The molecular formula is C14H27NO2. The Morgan fingerprint density at radius 2 is 2.06 bits per heavy atom. The topological polar surface area (TPSA) is 55.5 Å². The second-order valence-corrected chi connectivity index (χ2v) is 6.09. The van der Waals surface area contributed by atoms with E-state index in [1.807, 2.05) is 0 Å². The number of nitrogens with two attached hydrogens (primary N) is 1. The van der Waals surface area contributed by atoms with Crippen molar-refractivity contribution < 1.29 is 9.84 Å². The smallest absolute Gasteiger partial charge is 0.0687 e. The first-order valence-corrected chi connectivity index (χ1v) is 7.16. The molecule has 1 aliphatic carbocycles. The van der Waals surface area contributed by atoms with E-state index < -0.39 is 0 Å². The van der Waals surface area contributed by atoms with Gasteiger partial charge in [0.1, 0.15) is 0 Å². The molecule has 2 atom stereocenters. The lowest BCUT2D eigenvalue weighted by Crippen LogP contribution is -2.38. The quantitative estimate of drug-likeness (QED) is 0.776. The maximum absolute atomic E-state index is 9.56. The predicted molar refractivity (Wildman–Crippen MR) is 68.8 cm³/mol. The van der Waals surface area contributed by atoms with Gasteiger partial charge < -0.3 is 15.6 Å².